The number of anilines is 2. The number of hydrogen-bond donors (Lipinski definition) is 3. The van der Waals surface area contributed by atoms with Gasteiger partial charge in [0.25, 0.3) is 5.91 Å². The van der Waals surface area contributed by atoms with Gasteiger partial charge in [0.2, 0.25) is 11.8 Å². The first-order valence-electron chi connectivity index (χ1n) is 11.7. The fraction of sp³-hybridized carbons (Fsp3) is 0.625. The molecule has 3 amide bonds. The van der Waals surface area contributed by atoms with Gasteiger partial charge in [-0.25, -0.2) is 0 Å². The molecule has 30 heavy (non-hydrogen) atoms. The van der Waals surface area contributed by atoms with E-state index in [1.165, 1.54) is 0 Å². The Balaban J connectivity index is 1.51. The molecule has 1 aromatic rings. The van der Waals surface area contributed by atoms with E-state index in [2.05, 4.69) is 16.0 Å². The number of carbonyl (C=O) groups excluding carboxylic acids is 3. The molecule has 3 N–H and O–H groups in total. The summed E-state index contributed by atoms with van der Waals surface area (Å²) in [4.78, 5) is 38.1. The van der Waals surface area contributed by atoms with Crippen molar-refractivity contribution in [2.75, 3.05) is 10.6 Å². The minimum atomic E-state index is -0.143. The lowest BCUT2D eigenvalue weighted by Crippen LogP contribution is -2.32. The molecule has 0 atom stereocenters. The van der Waals surface area contributed by atoms with E-state index in [-0.39, 0.29) is 35.6 Å². The Labute approximate surface area is 178 Å². The second-order valence-corrected chi connectivity index (χ2v) is 9.20. The van der Waals surface area contributed by atoms with Gasteiger partial charge in [-0.3, -0.25) is 14.4 Å². The predicted molar refractivity (Wildman–Crippen MR) is 117 cm³/mol. The highest BCUT2D eigenvalue weighted by Crippen LogP contribution is 2.29. The minimum Gasteiger partial charge on any atom is -0.349 e. The Bertz CT molecular complexity index is 741. The Morgan fingerprint density at radius 1 is 0.633 bits per heavy atom. The number of rotatable bonds is 6. The summed E-state index contributed by atoms with van der Waals surface area (Å²) in [5.41, 5.74) is 1.63. The van der Waals surface area contributed by atoms with Gasteiger partial charge >= 0.3 is 0 Å². The third-order valence-electron chi connectivity index (χ3n) is 6.87. The van der Waals surface area contributed by atoms with Crippen LogP contribution in [0.4, 0.5) is 11.4 Å². The Kier molecular flexibility index (Phi) is 6.70. The Morgan fingerprint density at radius 2 is 1.07 bits per heavy atom. The topological polar surface area (TPSA) is 87.3 Å². The van der Waals surface area contributed by atoms with Crippen LogP contribution in [-0.4, -0.2) is 23.8 Å². The number of carbonyl (C=O) groups is 3. The number of amides is 3. The van der Waals surface area contributed by atoms with Crippen LogP contribution < -0.4 is 16.0 Å². The predicted octanol–water partition coefficient (Wildman–Crippen LogP) is 4.62. The molecule has 1 aromatic carbocycles. The largest absolute Gasteiger partial charge is 0.349 e. The standard InChI is InChI=1S/C24H33N3O3/c28-22(16-7-1-2-8-16)26-20-13-18(24(30)25-19-11-5-6-12-19)14-21(15-20)27-23(29)17-9-3-4-10-17/h13-17,19H,1-12H2,(H,25,30)(H,26,28)(H,27,29). The highest BCUT2D eigenvalue weighted by Gasteiger charge is 2.25. The van der Waals surface area contributed by atoms with Gasteiger partial charge in [-0.1, -0.05) is 38.5 Å². The fourth-order valence-electron chi connectivity index (χ4n) is 5.11. The van der Waals surface area contributed by atoms with Gasteiger partial charge in [0.1, 0.15) is 0 Å². The van der Waals surface area contributed by atoms with Gasteiger partial charge in [-0.2, -0.15) is 0 Å². The lowest BCUT2D eigenvalue weighted by Gasteiger charge is -2.17. The molecule has 0 radical (unpaired) electrons. The highest BCUT2D eigenvalue weighted by atomic mass is 16.2. The average molecular weight is 412 g/mol. The number of nitrogens with one attached hydrogen (secondary N) is 3. The molecular formula is C24H33N3O3. The van der Waals surface area contributed by atoms with Crippen LogP contribution >= 0.6 is 0 Å². The second kappa shape index (κ2) is 9.63. The van der Waals surface area contributed by atoms with Gasteiger partial charge in [-0.05, 0) is 56.7 Å². The summed E-state index contributed by atoms with van der Waals surface area (Å²) in [5.74, 6) is -0.0481. The Morgan fingerprint density at radius 3 is 1.53 bits per heavy atom. The normalized spacial score (nSPS) is 20.4. The molecule has 6 heteroatoms. The summed E-state index contributed by atoms with van der Waals surface area (Å²) in [6.45, 7) is 0. The summed E-state index contributed by atoms with van der Waals surface area (Å²) >= 11 is 0. The molecule has 0 heterocycles. The first kappa shape index (κ1) is 20.9. The molecule has 4 rings (SSSR count). The van der Waals surface area contributed by atoms with E-state index < -0.39 is 0 Å². The van der Waals surface area contributed by atoms with Crippen molar-refractivity contribution in [2.24, 2.45) is 11.8 Å². The maximum atomic E-state index is 12.9. The van der Waals surface area contributed by atoms with E-state index in [9.17, 15) is 14.4 Å². The van der Waals surface area contributed by atoms with Crippen molar-refractivity contribution in [2.45, 2.75) is 83.1 Å². The molecule has 3 fully saturated rings. The number of benzene rings is 1. The zero-order chi connectivity index (χ0) is 20.9. The minimum absolute atomic E-state index is 0.00826. The molecule has 0 aliphatic heterocycles. The molecule has 0 aromatic heterocycles. The molecular weight excluding hydrogens is 378 g/mol. The van der Waals surface area contributed by atoms with E-state index in [4.69, 9.17) is 0 Å². The SMILES string of the molecule is O=C(NC1CCCC1)c1cc(NC(=O)C2CCCC2)cc(NC(=O)C2CCCC2)c1. The van der Waals surface area contributed by atoms with Gasteiger partial charge in [-0.15, -0.1) is 0 Å². The van der Waals surface area contributed by atoms with Crippen LogP contribution in [-0.2, 0) is 9.59 Å². The van der Waals surface area contributed by atoms with Crippen molar-refractivity contribution in [1.29, 1.82) is 0 Å². The average Bonchev–Trinajstić information content (AvgIpc) is 3.50. The van der Waals surface area contributed by atoms with Gasteiger partial charge in [0, 0.05) is 34.8 Å². The van der Waals surface area contributed by atoms with Crippen LogP contribution in [0.1, 0.15) is 87.4 Å². The van der Waals surface area contributed by atoms with Crippen LogP contribution in [0.2, 0.25) is 0 Å². The first-order chi connectivity index (χ1) is 14.6. The van der Waals surface area contributed by atoms with Crippen LogP contribution in [0, 0.1) is 11.8 Å². The third-order valence-corrected chi connectivity index (χ3v) is 6.87. The molecule has 162 valence electrons. The molecule has 0 spiro atoms. The van der Waals surface area contributed by atoms with Crippen LogP contribution in [0.15, 0.2) is 18.2 Å². The maximum absolute atomic E-state index is 12.9. The van der Waals surface area contributed by atoms with Crippen molar-refractivity contribution in [1.82, 2.24) is 5.32 Å². The van der Waals surface area contributed by atoms with Crippen molar-refractivity contribution >= 4 is 29.1 Å². The van der Waals surface area contributed by atoms with Gasteiger partial charge in [0.15, 0.2) is 0 Å². The number of hydrogen-bond acceptors (Lipinski definition) is 3. The summed E-state index contributed by atoms with van der Waals surface area (Å²) in [5, 5.41) is 9.07. The molecule has 3 saturated carbocycles. The summed E-state index contributed by atoms with van der Waals surface area (Å²) in [6.07, 6.45) is 12.3. The van der Waals surface area contributed by atoms with Gasteiger partial charge in [0.05, 0.1) is 0 Å². The lowest BCUT2D eigenvalue weighted by atomic mass is 10.1. The van der Waals surface area contributed by atoms with Crippen molar-refractivity contribution in [3.63, 3.8) is 0 Å². The van der Waals surface area contributed by atoms with E-state index in [1.807, 2.05) is 0 Å². The Hall–Kier alpha value is -2.37. The third kappa shape index (κ3) is 5.21. The maximum Gasteiger partial charge on any atom is 0.251 e. The summed E-state index contributed by atoms with van der Waals surface area (Å²) in [6, 6.07) is 5.43. The van der Waals surface area contributed by atoms with E-state index in [0.717, 1.165) is 77.0 Å². The monoisotopic (exact) mass is 411 g/mol. The quantitative estimate of drug-likeness (QED) is 0.638. The molecule has 0 unspecified atom stereocenters. The van der Waals surface area contributed by atoms with Crippen molar-refractivity contribution in [3.8, 4) is 0 Å². The zero-order valence-electron chi connectivity index (χ0n) is 17.7. The van der Waals surface area contributed by atoms with Crippen LogP contribution in [0.5, 0.6) is 0 Å². The molecule has 3 aliphatic rings. The van der Waals surface area contributed by atoms with E-state index >= 15 is 0 Å². The summed E-state index contributed by atoms with van der Waals surface area (Å²) < 4.78 is 0. The highest BCUT2D eigenvalue weighted by molar-refractivity contribution is 6.01. The second-order valence-electron chi connectivity index (χ2n) is 9.20. The van der Waals surface area contributed by atoms with Gasteiger partial charge < -0.3 is 16.0 Å². The fourth-order valence-corrected chi connectivity index (χ4v) is 5.11. The van der Waals surface area contributed by atoms with E-state index in [1.54, 1.807) is 18.2 Å². The molecule has 0 saturated heterocycles. The van der Waals surface area contributed by atoms with Crippen LogP contribution in [0.25, 0.3) is 0 Å². The lowest BCUT2D eigenvalue weighted by molar-refractivity contribution is -0.120. The zero-order valence-corrected chi connectivity index (χ0v) is 17.7. The molecule has 6 nitrogen and oxygen atoms in total. The smallest absolute Gasteiger partial charge is 0.251 e. The van der Waals surface area contributed by atoms with Crippen molar-refractivity contribution < 1.29 is 14.4 Å². The molecule has 0 bridgehead atoms. The first-order valence-corrected chi connectivity index (χ1v) is 11.7. The summed E-state index contributed by atoms with van der Waals surface area (Å²) in [7, 11) is 0. The molecule has 3 aliphatic carbocycles. The van der Waals surface area contributed by atoms with E-state index in [0.29, 0.717) is 16.9 Å². The van der Waals surface area contributed by atoms with Crippen molar-refractivity contribution in [3.05, 3.63) is 23.8 Å². The van der Waals surface area contributed by atoms with Crippen LogP contribution in [0.3, 0.4) is 0 Å².